The van der Waals surface area contributed by atoms with Crippen LogP contribution < -0.4 is 5.73 Å². The molecule has 1 aliphatic carbocycles. The molecule has 0 saturated heterocycles. The van der Waals surface area contributed by atoms with Crippen molar-refractivity contribution in [3.05, 3.63) is 36.0 Å². The quantitative estimate of drug-likeness (QED) is 0.785. The van der Waals surface area contributed by atoms with Gasteiger partial charge in [0.1, 0.15) is 0 Å². The fraction of sp³-hybridized carbons (Fsp3) is 0.500. The van der Waals surface area contributed by atoms with E-state index in [1.165, 1.54) is 29.3 Å². The summed E-state index contributed by atoms with van der Waals surface area (Å²) in [6.45, 7) is 4.72. The average Bonchev–Trinajstić information content (AvgIpc) is 2.76. The number of aromatic amines is 1. The van der Waals surface area contributed by atoms with Crippen molar-refractivity contribution in [2.75, 3.05) is 0 Å². The van der Waals surface area contributed by atoms with E-state index in [2.05, 4.69) is 49.3 Å². The summed E-state index contributed by atoms with van der Waals surface area (Å²) < 4.78 is 0. The number of hydrogen-bond donors (Lipinski definition) is 2. The molecular formula is C16H22N2. The highest BCUT2D eigenvalue weighted by Crippen LogP contribution is 2.44. The van der Waals surface area contributed by atoms with Gasteiger partial charge >= 0.3 is 0 Å². The van der Waals surface area contributed by atoms with Crippen LogP contribution in [-0.4, -0.2) is 11.0 Å². The van der Waals surface area contributed by atoms with Crippen molar-refractivity contribution in [1.29, 1.82) is 0 Å². The van der Waals surface area contributed by atoms with Crippen LogP contribution >= 0.6 is 0 Å². The Kier molecular flexibility index (Phi) is 2.70. The summed E-state index contributed by atoms with van der Waals surface area (Å²) in [6.07, 6.45) is 5.73. The van der Waals surface area contributed by atoms with Crippen LogP contribution in [0.4, 0.5) is 0 Å². The molecule has 0 spiro atoms. The normalized spacial score (nSPS) is 27.5. The fourth-order valence-electron chi connectivity index (χ4n) is 3.35. The predicted octanol–water partition coefficient (Wildman–Crippen LogP) is 3.79. The summed E-state index contributed by atoms with van der Waals surface area (Å²) in [7, 11) is 0. The first-order valence-corrected chi connectivity index (χ1v) is 6.88. The van der Waals surface area contributed by atoms with E-state index >= 15 is 0 Å². The Bertz CT molecular complexity index is 553. The third-order valence-electron chi connectivity index (χ3n) is 4.46. The maximum Gasteiger partial charge on any atom is 0.0456 e. The number of para-hydroxylation sites is 1. The van der Waals surface area contributed by atoms with E-state index in [0.717, 1.165) is 6.42 Å². The fourth-order valence-corrected chi connectivity index (χ4v) is 3.35. The Morgan fingerprint density at radius 1 is 1.28 bits per heavy atom. The van der Waals surface area contributed by atoms with Crippen molar-refractivity contribution in [2.45, 2.75) is 45.1 Å². The number of fused-ring (bicyclic) bond motifs is 1. The molecule has 3 N–H and O–H groups in total. The third kappa shape index (κ3) is 1.95. The van der Waals surface area contributed by atoms with Gasteiger partial charge in [0.2, 0.25) is 0 Å². The Hall–Kier alpha value is -1.28. The lowest BCUT2D eigenvalue weighted by molar-refractivity contribution is 0.199. The van der Waals surface area contributed by atoms with Crippen LogP contribution in [0.5, 0.6) is 0 Å². The zero-order valence-electron chi connectivity index (χ0n) is 11.2. The molecule has 96 valence electrons. The summed E-state index contributed by atoms with van der Waals surface area (Å²) in [5.41, 5.74) is 9.42. The molecule has 1 aromatic carbocycles. The van der Waals surface area contributed by atoms with Crippen molar-refractivity contribution in [3.8, 4) is 0 Å². The van der Waals surface area contributed by atoms with Gasteiger partial charge in [0, 0.05) is 29.1 Å². The average molecular weight is 242 g/mol. The highest BCUT2D eigenvalue weighted by atomic mass is 14.7. The van der Waals surface area contributed by atoms with Crippen LogP contribution in [0.2, 0.25) is 0 Å². The lowest BCUT2D eigenvalue weighted by Gasteiger charge is -2.39. The lowest BCUT2D eigenvalue weighted by atomic mass is 9.68. The molecule has 2 nitrogen and oxygen atoms in total. The van der Waals surface area contributed by atoms with E-state index < -0.39 is 0 Å². The monoisotopic (exact) mass is 242 g/mol. The maximum atomic E-state index is 6.37. The molecule has 1 fully saturated rings. The van der Waals surface area contributed by atoms with Gasteiger partial charge in [0.05, 0.1) is 0 Å². The molecule has 3 rings (SSSR count). The van der Waals surface area contributed by atoms with Gasteiger partial charge in [0.15, 0.2) is 0 Å². The molecule has 1 aromatic heterocycles. The second kappa shape index (κ2) is 4.13. The van der Waals surface area contributed by atoms with E-state index in [1.807, 2.05) is 0 Å². The number of rotatable bonds is 1. The molecule has 2 aromatic rings. The maximum absolute atomic E-state index is 6.37. The third-order valence-corrected chi connectivity index (χ3v) is 4.46. The standard InChI is InChI=1S/C16H22N2/c1-16(2)8-7-14(17)12(9-16)13-10-18-15-6-4-3-5-11(13)15/h3-6,10,12,14,18H,7-9,17H2,1-2H3. The molecule has 2 atom stereocenters. The van der Waals surface area contributed by atoms with Crippen LogP contribution in [0.25, 0.3) is 10.9 Å². The van der Waals surface area contributed by atoms with E-state index in [0.29, 0.717) is 17.4 Å². The van der Waals surface area contributed by atoms with Crippen LogP contribution in [0.15, 0.2) is 30.5 Å². The number of hydrogen-bond acceptors (Lipinski definition) is 1. The zero-order valence-corrected chi connectivity index (χ0v) is 11.2. The van der Waals surface area contributed by atoms with Crippen LogP contribution in [0.3, 0.4) is 0 Å². The lowest BCUT2D eigenvalue weighted by Crippen LogP contribution is -2.37. The van der Waals surface area contributed by atoms with Crippen molar-refractivity contribution in [3.63, 3.8) is 0 Å². The van der Waals surface area contributed by atoms with Crippen molar-refractivity contribution in [2.24, 2.45) is 11.1 Å². The topological polar surface area (TPSA) is 41.8 Å². The van der Waals surface area contributed by atoms with Crippen LogP contribution in [0, 0.1) is 5.41 Å². The van der Waals surface area contributed by atoms with Crippen LogP contribution in [-0.2, 0) is 0 Å². The molecule has 0 amide bonds. The van der Waals surface area contributed by atoms with E-state index in [4.69, 9.17) is 5.73 Å². The number of aromatic nitrogens is 1. The minimum absolute atomic E-state index is 0.303. The minimum Gasteiger partial charge on any atom is -0.361 e. The summed E-state index contributed by atoms with van der Waals surface area (Å²) in [6, 6.07) is 8.83. The smallest absolute Gasteiger partial charge is 0.0456 e. The molecule has 18 heavy (non-hydrogen) atoms. The highest BCUT2D eigenvalue weighted by molar-refractivity contribution is 5.83. The summed E-state index contributed by atoms with van der Waals surface area (Å²) in [5, 5.41) is 1.34. The Labute approximate surface area is 109 Å². The van der Waals surface area contributed by atoms with Crippen LogP contribution in [0.1, 0.15) is 44.6 Å². The van der Waals surface area contributed by atoms with Crippen molar-refractivity contribution < 1.29 is 0 Å². The number of benzene rings is 1. The van der Waals surface area contributed by atoms with Gasteiger partial charge in [-0.25, -0.2) is 0 Å². The first-order valence-electron chi connectivity index (χ1n) is 6.88. The summed E-state index contributed by atoms with van der Waals surface area (Å²) >= 11 is 0. The minimum atomic E-state index is 0.303. The Morgan fingerprint density at radius 3 is 2.89 bits per heavy atom. The molecule has 1 saturated carbocycles. The van der Waals surface area contributed by atoms with Gasteiger partial charge in [-0.2, -0.15) is 0 Å². The van der Waals surface area contributed by atoms with Gasteiger partial charge < -0.3 is 10.7 Å². The molecule has 2 heteroatoms. The summed E-state index contributed by atoms with van der Waals surface area (Å²) in [4.78, 5) is 3.38. The van der Waals surface area contributed by atoms with Gasteiger partial charge in [0.25, 0.3) is 0 Å². The molecular weight excluding hydrogens is 220 g/mol. The molecule has 1 aliphatic rings. The molecule has 2 unspecified atom stereocenters. The molecule has 1 heterocycles. The predicted molar refractivity (Wildman–Crippen MR) is 76.6 cm³/mol. The Morgan fingerprint density at radius 2 is 2.06 bits per heavy atom. The Balaban J connectivity index is 2.02. The first-order chi connectivity index (χ1) is 8.57. The number of nitrogens with one attached hydrogen (secondary N) is 1. The number of nitrogens with two attached hydrogens (primary N) is 1. The van der Waals surface area contributed by atoms with E-state index in [-0.39, 0.29) is 0 Å². The van der Waals surface area contributed by atoms with Gasteiger partial charge in [-0.3, -0.25) is 0 Å². The van der Waals surface area contributed by atoms with Gasteiger partial charge in [-0.05, 0) is 36.3 Å². The SMILES string of the molecule is CC1(C)CCC(N)C(c2c[nH]c3ccccc23)C1. The van der Waals surface area contributed by atoms with Gasteiger partial charge in [-0.15, -0.1) is 0 Å². The zero-order chi connectivity index (χ0) is 12.8. The van der Waals surface area contributed by atoms with E-state index in [9.17, 15) is 0 Å². The molecule has 0 aliphatic heterocycles. The first kappa shape index (κ1) is 11.8. The highest BCUT2D eigenvalue weighted by Gasteiger charge is 2.34. The summed E-state index contributed by atoms with van der Waals surface area (Å²) in [5.74, 6) is 0.491. The number of H-pyrrole nitrogens is 1. The van der Waals surface area contributed by atoms with Crippen molar-refractivity contribution >= 4 is 10.9 Å². The van der Waals surface area contributed by atoms with E-state index in [1.54, 1.807) is 0 Å². The largest absolute Gasteiger partial charge is 0.361 e. The second-order valence-corrected chi connectivity index (χ2v) is 6.47. The molecule has 0 radical (unpaired) electrons. The van der Waals surface area contributed by atoms with Gasteiger partial charge in [-0.1, -0.05) is 32.0 Å². The van der Waals surface area contributed by atoms with Crippen molar-refractivity contribution in [1.82, 2.24) is 4.98 Å². The second-order valence-electron chi connectivity index (χ2n) is 6.47. The molecule has 0 bridgehead atoms.